The maximum absolute atomic E-state index is 5.87. The molecule has 0 aliphatic carbocycles. The third-order valence-corrected chi connectivity index (χ3v) is 5.98. The number of fused-ring (bicyclic) bond motifs is 2. The van der Waals surface area contributed by atoms with E-state index in [-0.39, 0.29) is 6.61 Å². The van der Waals surface area contributed by atoms with Crippen LogP contribution in [0.5, 0.6) is 5.75 Å². The molecule has 168 valence electrons. The van der Waals surface area contributed by atoms with Gasteiger partial charge in [-0.1, -0.05) is 48.8 Å². The summed E-state index contributed by atoms with van der Waals surface area (Å²) in [6.07, 6.45) is 2.26. The Hall–Kier alpha value is -3.87. The third-order valence-electron chi connectivity index (χ3n) is 5.98. The molecule has 0 spiro atoms. The first-order valence-electron chi connectivity index (χ1n) is 11.3. The van der Waals surface area contributed by atoms with Gasteiger partial charge in [0.2, 0.25) is 11.8 Å². The van der Waals surface area contributed by atoms with Crippen LogP contribution in [0.15, 0.2) is 65.2 Å². The Morgan fingerprint density at radius 1 is 1.03 bits per heavy atom. The van der Waals surface area contributed by atoms with Crippen LogP contribution < -0.4 is 9.64 Å². The van der Waals surface area contributed by atoms with Crippen molar-refractivity contribution in [3.05, 3.63) is 66.6 Å². The summed E-state index contributed by atoms with van der Waals surface area (Å²) in [5, 5.41) is 6.44. The van der Waals surface area contributed by atoms with Gasteiger partial charge in [-0.2, -0.15) is 4.98 Å². The molecule has 0 bridgehead atoms. The quantitative estimate of drug-likeness (QED) is 0.320. The number of benzene rings is 3. The van der Waals surface area contributed by atoms with Crippen LogP contribution >= 0.6 is 0 Å². The highest BCUT2D eigenvalue weighted by atomic mass is 16.5. The van der Waals surface area contributed by atoms with E-state index >= 15 is 0 Å². The van der Waals surface area contributed by atoms with E-state index in [9.17, 15) is 0 Å². The summed E-state index contributed by atoms with van der Waals surface area (Å²) in [6, 6.07) is 20.5. The van der Waals surface area contributed by atoms with Crippen LogP contribution in [0, 0.1) is 0 Å². The molecular weight excluding hydrogens is 414 g/mol. The fourth-order valence-electron chi connectivity index (χ4n) is 3.96. The van der Waals surface area contributed by atoms with Gasteiger partial charge < -0.3 is 19.1 Å². The largest absolute Gasteiger partial charge is 0.484 e. The normalized spacial score (nSPS) is 12.3. The molecule has 3 aromatic carbocycles. The zero-order valence-electron chi connectivity index (χ0n) is 19.1. The number of imidazole rings is 1. The maximum atomic E-state index is 5.87. The Labute approximate surface area is 192 Å². The lowest BCUT2D eigenvalue weighted by Gasteiger charge is -2.23. The number of nitrogens with one attached hydrogen (secondary N) is 1. The molecule has 0 saturated heterocycles. The van der Waals surface area contributed by atoms with Crippen LogP contribution in [-0.2, 0) is 6.61 Å². The summed E-state index contributed by atoms with van der Waals surface area (Å²) in [7, 11) is 2.07. The van der Waals surface area contributed by atoms with Gasteiger partial charge in [0.25, 0.3) is 5.89 Å². The molecule has 0 aliphatic rings. The number of hydrogen-bond donors (Lipinski definition) is 1. The van der Waals surface area contributed by atoms with Crippen LogP contribution in [0.4, 0.5) is 5.95 Å². The van der Waals surface area contributed by atoms with Crippen LogP contribution in [0.2, 0.25) is 0 Å². The fourth-order valence-corrected chi connectivity index (χ4v) is 3.96. The predicted molar refractivity (Wildman–Crippen MR) is 130 cm³/mol. The summed E-state index contributed by atoms with van der Waals surface area (Å²) in [5.41, 5.74) is 2.71. The van der Waals surface area contributed by atoms with Crippen molar-refractivity contribution in [2.75, 3.05) is 11.9 Å². The molecular formula is C26H27N5O2. The first-order chi connectivity index (χ1) is 16.1. The molecule has 2 aromatic heterocycles. The van der Waals surface area contributed by atoms with Gasteiger partial charge in [-0.3, -0.25) is 0 Å². The highest BCUT2D eigenvalue weighted by molar-refractivity contribution is 5.84. The van der Waals surface area contributed by atoms with E-state index in [0.29, 0.717) is 17.8 Å². The first-order valence-corrected chi connectivity index (χ1v) is 11.3. The van der Waals surface area contributed by atoms with Gasteiger partial charge in [0.05, 0.1) is 11.0 Å². The Morgan fingerprint density at radius 3 is 2.73 bits per heavy atom. The Morgan fingerprint density at radius 2 is 1.88 bits per heavy atom. The average molecular weight is 442 g/mol. The molecule has 0 fully saturated rings. The number of aromatic nitrogens is 4. The lowest BCUT2D eigenvalue weighted by molar-refractivity contribution is 0.243. The number of ether oxygens (including phenoxy) is 1. The third kappa shape index (κ3) is 4.39. The number of aromatic amines is 1. The van der Waals surface area contributed by atoms with E-state index in [2.05, 4.69) is 53.1 Å². The molecule has 5 rings (SSSR count). The molecule has 0 radical (unpaired) electrons. The first kappa shape index (κ1) is 21.0. The van der Waals surface area contributed by atoms with Crippen LogP contribution in [0.3, 0.4) is 0 Å². The van der Waals surface area contributed by atoms with Crippen LogP contribution in [0.25, 0.3) is 33.2 Å². The number of rotatable bonds is 8. The second kappa shape index (κ2) is 8.94. The molecule has 7 heteroatoms. The van der Waals surface area contributed by atoms with Gasteiger partial charge in [-0.25, -0.2) is 4.98 Å². The van der Waals surface area contributed by atoms with Crippen molar-refractivity contribution in [1.29, 1.82) is 0 Å². The molecule has 33 heavy (non-hydrogen) atoms. The minimum Gasteiger partial charge on any atom is -0.484 e. The van der Waals surface area contributed by atoms with Gasteiger partial charge in [0.15, 0.2) is 6.61 Å². The zero-order chi connectivity index (χ0) is 22.8. The van der Waals surface area contributed by atoms with Gasteiger partial charge in [-0.05, 0) is 54.4 Å². The molecule has 1 unspecified atom stereocenters. The molecule has 0 aliphatic heterocycles. The van der Waals surface area contributed by atoms with E-state index < -0.39 is 0 Å². The van der Waals surface area contributed by atoms with E-state index in [0.717, 1.165) is 46.5 Å². The lowest BCUT2D eigenvalue weighted by Crippen LogP contribution is -2.29. The molecule has 2 heterocycles. The zero-order valence-corrected chi connectivity index (χ0v) is 19.1. The van der Waals surface area contributed by atoms with Crippen molar-refractivity contribution >= 4 is 27.8 Å². The minimum atomic E-state index is 0.210. The van der Waals surface area contributed by atoms with Crippen molar-refractivity contribution in [3.63, 3.8) is 0 Å². The molecule has 1 N–H and O–H groups in total. The molecule has 7 nitrogen and oxygen atoms in total. The standard InChI is InChI=1S/C26H27N5O2/c1-4-7-17(2)31(3)26-27-22-13-11-20(15-23(22)28-26)25-29-24(33-30-25)16-32-21-12-10-18-8-5-6-9-19(18)14-21/h5-6,8-15,17H,4,7,16H2,1-3H3,(H,27,28). The van der Waals surface area contributed by atoms with Crippen LogP contribution in [0.1, 0.15) is 32.6 Å². The number of anilines is 1. The van der Waals surface area contributed by atoms with Crippen molar-refractivity contribution in [2.24, 2.45) is 0 Å². The van der Waals surface area contributed by atoms with E-state index in [1.807, 2.05) is 48.5 Å². The predicted octanol–water partition coefficient (Wildman–Crippen LogP) is 5.97. The van der Waals surface area contributed by atoms with Crippen LogP contribution in [-0.4, -0.2) is 33.2 Å². The summed E-state index contributed by atoms with van der Waals surface area (Å²) in [5.74, 6) is 2.58. The monoisotopic (exact) mass is 441 g/mol. The molecule has 5 aromatic rings. The van der Waals surface area contributed by atoms with E-state index in [1.165, 1.54) is 5.39 Å². The number of hydrogen-bond acceptors (Lipinski definition) is 6. The lowest BCUT2D eigenvalue weighted by atomic mass is 10.1. The maximum Gasteiger partial charge on any atom is 0.264 e. The summed E-state index contributed by atoms with van der Waals surface area (Å²) < 4.78 is 11.3. The SMILES string of the molecule is CCCC(C)N(C)c1nc2ccc(-c3noc(COc4ccc5ccccc5c4)n3)cc2[nH]1. The molecule has 0 saturated carbocycles. The molecule has 1 atom stereocenters. The molecule has 0 amide bonds. The number of nitrogens with zero attached hydrogens (tertiary/aromatic N) is 4. The van der Waals surface area contributed by atoms with Gasteiger partial charge in [0, 0.05) is 18.7 Å². The number of H-pyrrole nitrogens is 1. The Balaban J connectivity index is 1.30. The van der Waals surface area contributed by atoms with Crippen molar-refractivity contribution < 1.29 is 9.26 Å². The van der Waals surface area contributed by atoms with Crippen molar-refractivity contribution in [3.8, 4) is 17.1 Å². The summed E-state index contributed by atoms with van der Waals surface area (Å²) in [6.45, 7) is 4.62. The Bertz CT molecular complexity index is 1390. The Kier molecular flexibility index (Phi) is 5.69. The second-order valence-electron chi connectivity index (χ2n) is 8.35. The van der Waals surface area contributed by atoms with Gasteiger partial charge in [-0.15, -0.1) is 0 Å². The van der Waals surface area contributed by atoms with E-state index in [4.69, 9.17) is 14.2 Å². The second-order valence-corrected chi connectivity index (χ2v) is 8.35. The minimum absolute atomic E-state index is 0.210. The highest BCUT2D eigenvalue weighted by Crippen LogP contribution is 2.25. The van der Waals surface area contributed by atoms with Gasteiger partial charge in [0.1, 0.15) is 5.75 Å². The van der Waals surface area contributed by atoms with Crippen molar-refractivity contribution in [2.45, 2.75) is 39.3 Å². The van der Waals surface area contributed by atoms with Gasteiger partial charge >= 0.3 is 0 Å². The summed E-state index contributed by atoms with van der Waals surface area (Å²) in [4.78, 5) is 14.8. The topological polar surface area (TPSA) is 80.1 Å². The fraction of sp³-hybridized carbons (Fsp3) is 0.269. The van der Waals surface area contributed by atoms with Crippen molar-refractivity contribution in [1.82, 2.24) is 20.1 Å². The van der Waals surface area contributed by atoms with E-state index in [1.54, 1.807) is 0 Å². The summed E-state index contributed by atoms with van der Waals surface area (Å²) >= 11 is 0. The average Bonchev–Trinajstić information content (AvgIpc) is 3.49. The smallest absolute Gasteiger partial charge is 0.264 e. The highest BCUT2D eigenvalue weighted by Gasteiger charge is 2.15.